The van der Waals surface area contributed by atoms with Crippen molar-refractivity contribution in [1.29, 1.82) is 0 Å². The lowest BCUT2D eigenvalue weighted by Gasteiger charge is -2.19. The highest BCUT2D eigenvalue weighted by atomic mass is 16.6. The molecule has 54 heavy (non-hydrogen) atoms. The Kier molecular flexibility index (Phi) is 12.0. The lowest BCUT2D eigenvalue weighted by molar-refractivity contribution is 0.0624. The summed E-state index contributed by atoms with van der Waals surface area (Å²) in [6, 6.07) is 40.7. The lowest BCUT2D eigenvalue weighted by atomic mass is 10.0. The molecule has 0 aliphatic carbocycles. The van der Waals surface area contributed by atoms with E-state index < -0.39 is 23.4 Å². The second-order valence-electron chi connectivity index (χ2n) is 14.4. The van der Waals surface area contributed by atoms with Gasteiger partial charge in [-0.25, -0.2) is 9.59 Å². The Bertz CT molecular complexity index is 2260. The predicted molar refractivity (Wildman–Crippen MR) is 216 cm³/mol. The summed E-state index contributed by atoms with van der Waals surface area (Å²) in [5.74, 6) is -0.367. The molecule has 0 aliphatic rings. The van der Waals surface area contributed by atoms with Gasteiger partial charge in [0.2, 0.25) is 0 Å². The SMILES string of the molecule is CC(C)(C)OC(=O)Nc1ccc(NC(=O)c2ccc3ccccc3c2)cc1.CC(C)(C)OC(=O)Nc1ccc(NC(=O)c2cccc3ccccc23)cc1. The maximum absolute atomic E-state index is 12.6. The van der Waals surface area contributed by atoms with Crippen molar-refractivity contribution in [3.05, 3.63) is 145 Å². The Morgan fingerprint density at radius 3 is 1.37 bits per heavy atom. The van der Waals surface area contributed by atoms with Gasteiger partial charge in [0.05, 0.1) is 0 Å². The number of rotatable bonds is 6. The van der Waals surface area contributed by atoms with Crippen molar-refractivity contribution in [2.75, 3.05) is 21.3 Å². The van der Waals surface area contributed by atoms with E-state index in [4.69, 9.17) is 9.47 Å². The number of carbonyl (C=O) groups excluding carboxylic acids is 4. The molecule has 0 aromatic heterocycles. The molecule has 0 atom stereocenters. The quantitative estimate of drug-likeness (QED) is 0.135. The Labute approximate surface area is 314 Å². The van der Waals surface area contributed by atoms with Gasteiger partial charge in [0.25, 0.3) is 11.8 Å². The number of anilines is 4. The van der Waals surface area contributed by atoms with Crippen LogP contribution in [0.5, 0.6) is 0 Å². The average molecular weight is 725 g/mol. The minimum Gasteiger partial charge on any atom is -0.444 e. The summed E-state index contributed by atoms with van der Waals surface area (Å²) in [6.45, 7) is 10.8. The highest BCUT2D eigenvalue weighted by Crippen LogP contribution is 2.22. The van der Waals surface area contributed by atoms with Gasteiger partial charge in [-0.05, 0) is 130 Å². The molecule has 0 saturated heterocycles. The summed E-state index contributed by atoms with van der Waals surface area (Å²) >= 11 is 0. The molecular weight excluding hydrogens is 681 g/mol. The molecule has 4 amide bonds. The van der Waals surface area contributed by atoms with Crippen LogP contribution in [0.15, 0.2) is 133 Å². The fourth-order valence-electron chi connectivity index (χ4n) is 5.27. The van der Waals surface area contributed by atoms with E-state index in [1.54, 1.807) is 102 Å². The molecule has 10 heteroatoms. The summed E-state index contributed by atoms with van der Waals surface area (Å²) in [6.07, 6.45) is -1.04. The molecule has 0 heterocycles. The molecule has 4 N–H and O–H groups in total. The van der Waals surface area contributed by atoms with Gasteiger partial charge in [-0.3, -0.25) is 20.2 Å². The summed E-state index contributed by atoms with van der Waals surface area (Å²) < 4.78 is 10.4. The maximum atomic E-state index is 12.6. The van der Waals surface area contributed by atoms with Crippen LogP contribution in [0.25, 0.3) is 21.5 Å². The number of amides is 4. The fraction of sp³-hybridized carbons (Fsp3) is 0.182. The van der Waals surface area contributed by atoms with Gasteiger partial charge in [0.15, 0.2) is 0 Å². The van der Waals surface area contributed by atoms with Crippen LogP contribution in [-0.4, -0.2) is 35.2 Å². The normalized spacial score (nSPS) is 11.1. The van der Waals surface area contributed by atoms with Crippen molar-refractivity contribution in [1.82, 2.24) is 0 Å². The van der Waals surface area contributed by atoms with E-state index in [0.717, 1.165) is 21.5 Å². The van der Waals surface area contributed by atoms with Crippen molar-refractivity contribution in [2.24, 2.45) is 0 Å². The highest BCUT2D eigenvalue weighted by Gasteiger charge is 2.17. The first-order valence-electron chi connectivity index (χ1n) is 17.4. The van der Waals surface area contributed by atoms with Gasteiger partial charge in [-0.15, -0.1) is 0 Å². The molecule has 0 bridgehead atoms. The average Bonchev–Trinajstić information content (AvgIpc) is 3.11. The van der Waals surface area contributed by atoms with Gasteiger partial charge in [-0.1, -0.05) is 66.7 Å². The number of benzene rings is 6. The zero-order valence-corrected chi connectivity index (χ0v) is 31.2. The van der Waals surface area contributed by atoms with Gasteiger partial charge in [-0.2, -0.15) is 0 Å². The summed E-state index contributed by atoms with van der Waals surface area (Å²) in [4.78, 5) is 48.7. The van der Waals surface area contributed by atoms with Gasteiger partial charge >= 0.3 is 12.2 Å². The molecule has 0 aliphatic heterocycles. The van der Waals surface area contributed by atoms with Gasteiger partial charge in [0.1, 0.15) is 11.2 Å². The first kappa shape index (κ1) is 38.5. The maximum Gasteiger partial charge on any atom is 0.412 e. The molecule has 6 aromatic carbocycles. The molecule has 0 saturated carbocycles. The van der Waals surface area contributed by atoms with Crippen molar-refractivity contribution in [3.8, 4) is 0 Å². The zero-order chi connectivity index (χ0) is 38.9. The van der Waals surface area contributed by atoms with Crippen LogP contribution < -0.4 is 21.3 Å². The smallest absolute Gasteiger partial charge is 0.412 e. The number of carbonyl (C=O) groups is 4. The van der Waals surface area contributed by atoms with Crippen LogP contribution in [0.1, 0.15) is 62.3 Å². The molecule has 276 valence electrons. The van der Waals surface area contributed by atoms with E-state index in [1.807, 2.05) is 72.8 Å². The van der Waals surface area contributed by atoms with Gasteiger partial charge < -0.3 is 20.1 Å². The fourth-order valence-corrected chi connectivity index (χ4v) is 5.27. The third-order valence-corrected chi connectivity index (χ3v) is 7.62. The molecule has 6 aromatic rings. The number of hydrogen-bond acceptors (Lipinski definition) is 6. The van der Waals surface area contributed by atoms with Crippen LogP contribution in [0.3, 0.4) is 0 Å². The molecule has 0 spiro atoms. The first-order valence-corrected chi connectivity index (χ1v) is 17.4. The zero-order valence-electron chi connectivity index (χ0n) is 31.2. The Hall–Kier alpha value is -6.68. The molecule has 0 radical (unpaired) electrons. The largest absolute Gasteiger partial charge is 0.444 e. The third kappa shape index (κ3) is 11.4. The monoisotopic (exact) mass is 724 g/mol. The van der Waals surface area contributed by atoms with Crippen LogP contribution in [0.4, 0.5) is 32.3 Å². The Morgan fingerprint density at radius 1 is 0.426 bits per heavy atom. The van der Waals surface area contributed by atoms with Gasteiger partial charge in [0, 0.05) is 33.9 Å². The minimum atomic E-state index is -0.559. The van der Waals surface area contributed by atoms with E-state index in [2.05, 4.69) is 21.3 Å². The molecule has 6 rings (SSSR count). The van der Waals surface area contributed by atoms with Crippen LogP contribution in [0, 0.1) is 0 Å². The molecule has 10 nitrogen and oxygen atoms in total. The van der Waals surface area contributed by atoms with Crippen molar-refractivity contribution >= 4 is 68.3 Å². The number of ether oxygens (including phenoxy) is 2. The van der Waals surface area contributed by atoms with Crippen LogP contribution >= 0.6 is 0 Å². The topological polar surface area (TPSA) is 135 Å². The Morgan fingerprint density at radius 2 is 0.852 bits per heavy atom. The second kappa shape index (κ2) is 16.8. The second-order valence-corrected chi connectivity index (χ2v) is 14.4. The van der Waals surface area contributed by atoms with Crippen molar-refractivity contribution in [3.63, 3.8) is 0 Å². The summed E-state index contributed by atoms with van der Waals surface area (Å²) in [7, 11) is 0. The highest BCUT2D eigenvalue weighted by molar-refractivity contribution is 6.13. The summed E-state index contributed by atoms with van der Waals surface area (Å²) in [5, 5.41) is 15.1. The predicted octanol–water partition coefficient (Wildman–Crippen LogP) is 10.9. The lowest BCUT2D eigenvalue weighted by Crippen LogP contribution is -2.27. The molecule has 0 fully saturated rings. The number of nitrogens with one attached hydrogen (secondary N) is 4. The van der Waals surface area contributed by atoms with E-state index in [9.17, 15) is 19.2 Å². The van der Waals surface area contributed by atoms with E-state index in [-0.39, 0.29) is 11.8 Å². The van der Waals surface area contributed by atoms with Crippen molar-refractivity contribution < 1.29 is 28.7 Å². The van der Waals surface area contributed by atoms with Crippen LogP contribution in [0.2, 0.25) is 0 Å². The molecule has 0 unspecified atom stereocenters. The number of hydrogen-bond donors (Lipinski definition) is 4. The minimum absolute atomic E-state index is 0.181. The molecular formula is C44H44N4O6. The summed E-state index contributed by atoms with van der Waals surface area (Å²) in [5.41, 5.74) is 2.55. The van der Waals surface area contributed by atoms with E-state index in [0.29, 0.717) is 33.9 Å². The third-order valence-electron chi connectivity index (χ3n) is 7.62. The Balaban J connectivity index is 0.000000208. The van der Waals surface area contributed by atoms with Crippen LogP contribution in [-0.2, 0) is 9.47 Å². The van der Waals surface area contributed by atoms with E-state index >= 15 is 0 Å². The van der Waals surface area contributed by atoms with Crippen molar-refractivity contribution in [2.45, 2.75) is 52.7 Å². The standard InChI is InChI=1S/2C22H22N2O3/c1-22(2,3)27-21(26)24-17-13-11-16(12-14-17)23-20(25)19-10-6-8-15-7-4-5-9-18(15)19;1-22(2,3)27-21(26)24-19-12-10-18(11-13-19)23-20(25)17-9-8-15-6-4-5-7-16(15)14-17/h2*4-14H,1-3H3,(H,23,25)(H,24,26). The first-order chi connectivity index (χ1) is 25.6. The number of fused-ring (bicyclic) bond motifs is 2. The van der Waals surface area contributed by atoms with E-state index in [1.165, 1.54) is 0 Å².